The van der Waals surface area contributed by atoms with E-state index in [0.717, 1.165) is 6.07 Å². The van der Waals surface area contributed by atoms with E-state index in [0.29, 0.717) is 18.7 Å². The fourth-order valence-corrected chi connectivity index (χ4v) is 1.64. The van der Waals surface area contributed by atoms with Crippen molar-refractivity contribution in [2.45, 2.75) is 6.92 Å². The Balaban J connectivity index is 2.95. The fourth-order valence-electron chi connectivity index (χ4n) is 1.64. The molecule has 0 aliphatic heterocycles. The molecule has 0 bridgehead atoms. The zero-order valence-electron chi connectivity index (χ0n) is 11.1. The minimum atomic E-state index is -0.515. The van der Waals surface area contributed by atoms with Crippen LogP contribution in [0.5, 0.6) is 0 Å². The Morgan fingerprint density at radius 3 is 2.68 bits per heavy atom. The van der Waals surface area contributed by atoms with Gasteiger partial charge in [0.15, 0.2) is 0 Å². The predicted molar refractivity (Wildman–Crippen MR) is 70.4 cm³/mol. The molecule has 0 aliphatic rings. The molecular weight excluding hydrogens is 251 g/mol. The number of methoxy groups -OCH3 is 1. The van der Waals surface area contributed by atoms with Crippen LogP contribution in [0.2, 0.25) is 0 Å². The number of ether oxygens (including phenoxy) is 1. The third-order valence-electron chi connectivity index (χ3n) is 2.85. The Kier molecular flexibility index (Phi) is 5.72. The van der Waals surface area contributed by atoms with E-state index in [1.54, 1.807) is 6.92 Å². The van der Waals surface area contributed by atoms with Gasteiger partial charge in [0.2, 0.25) is 0 Å². The lowest BCUT2D eigenvalue weighted by Crippen LogP contribution is -2.36. The van der Waals surface area contributed by atoms with Crippen molar-refractivity contribution in [3.63, 3.8) is 0 Å². The van der Waals surface area contributed by atoms with Gasteiger partial charge in [0.1, 0.15) is 5.82 Å². The highest BCUT2D eigenvalue weighted by Crippen LogP contribution is 2.18. The number of anilines is 1. The van der Waals surface area contributed by atoms with Gasteiger partial charge in [-0.05, 0) is 19.1 Å². The first-order valence-corrected chi connectivity index (χ1v) is 5.96. The lowest BCUT2D eigenvalue weighted by atomic mass is 10.1. The number of rotatable bonds is 6. The normalized spacial score (nSPS) is 10.5. The average Bonchev–Trinajstić information content (AvgIpc) is 2.39. The number of nitrogens with zero attached hydrogens (tertiary/aromatic N) is 1. The number of hydrogen-bond donors (Lipinski definition) is 2. The number of amides is 1. The Morgan fingerprint density at radius 1 is 1.47 bits per heavy atom. The number of aliphatic hydroxyl groups is 1. The summed E-state index contributed by atoms with van der Waals surface area (Å²) in [7, 11) is 1.52. The van der Waals surface area contributed by atoms with Crippen LogP contribution < -0.4 is 5.73 Å². The highest BCUT2D eigenvalue weighted by Gasteiger charge is 2.17. The molecule has 1 rings (SSSR count). The van der Waals surface area contributed by atoms with Gasteiger partial charge in [-0.25, -0.2) is 4.39 Å². The number of carbonyl (C=O) groups excluding carboxylic acids is 1. The van der Waals surface area contributed by atoms with Crippen LogP contribution in [0.1, 0.15) is 15.9 Å². The molecule has 0 spiro atoms. The second-order valence-electron chi connectivity index (χ2n) is 4.18. The molecular formula is C13H19FN2O3. The van der Waals surface area contributed by atoms with E-state index in [2.05, 4.69) is 0 Å². The second-order valence-corrected chi connectivity index (χ2v) is 4.18. The zero-order chi connectivity index (χ0) is 14.4. The van der Waals surface area contributed by atoms with E-state index >= 15 is 0 Å². The summed E-state index contributed by atoms with van der Waals surface area (Å²) in [6.45, 7) is 2.22. The SMILES string of the molecule is COCCN(CCO)C(=O)c1cc(N)c(C)c(F)c1. The summed E-state index contributed by atoms with van der Waals surface area (Å²) < 4.78 is 18.5. The van der Waals surface area contributed by atoms with Gasteiger partial charge < -0.3 is 20.5 Å². The predicted octanol–water partition coefficient (Wildman–Crippen LogP) is 0.797. The van der Waals surface area contributed by atoms with Crippen LogP contribution >= 0.6 is 0 Å². The van der Waals surface area contributed by atoms with E-state index < -0.39 is 5.82 Å². The summed E-state index contributed by atoms with van der Waals surface area (Å²) in [5, 5.41) is 8.95. The van der Waals surface area contributed by atoms with Crippen molar-refractivity contribution in [3.8, 4) is 0 Å². The third kappa shape index (κ3) is 3.90. The average molecular weight is 270 g/mol. The van der Waals surface area contributed by atoms with Crippen molar-refractivity contribution in [2.24, 2.45) is 0 Å². The maximum absolute atomic E-state index is 13.6. The first-order chi connectivity index (χ1) is 9.01. The number of carbonyl (C=O) groups is 1. The Labute approximate surface area is 111 Å². The molecule has 0 unspecified atom stereocenters. The van der Waals surface area contributed by atoms with Crippen LogP contribution in [0.25, 0.3) is 0 Å². The van der Waals surface area contributed by atoms with Crippen LogP contribution in [0.15, 0.2) is 12.1 Å². The molecule has 1 aromatic rings. The molecule has 0 atom stereocenters. The van der Waals surface area contributed by atoms with Crippen molar-refractivity contribution in [1.82, 2.24) is 4.90 Å². The van der Waals surface area contributed by atoms with Gasteiger partial charge in [-0.1, -0.05) is 0 Å². The Hall–Kier alpha value is -1.66. The molecule has 6 heteroatoms. The van der Waals surface area contributed by atoms with Crippen LogP contribution in [0.4, 0.5) is 10.1 Å². The van der Waals surface area contributed by atoms with Crippen molar-refractivity contribution in [3.05, 3.63) is 29.1 Å². The largest absolute Gasteiger partial charge is 0.398 e. The maximum Gasteiger partial charge on any atom is 0.254 e. The lowest BCUT2D eigenvalue weighted by Gasteiger charge is -2.21. The maximum atomic E-state index is 13.6. The number of halogens is 1. The van der Waals surface area contributed by atoms with Gasteiger partial charge in [0.05, 0.1) is 13.2 Å². The smallest absolute Gasteiger partial charge is 0.254 e. The molecule has 0 heterocycles. The van der Waals surface area contributed by atoms with E-state index in [-0.39, 0.29) is 30.3 Å². The van der Waals surface area contributed by atoms with Gasteiger partial charge in [-0.3, -0.25) is 4.79 Å². The number of nitrogen functional groups attached to an aromatic ring is 1. The summed E-state index contributed by atoms with van der Waals surface area (Å²) >= 11 is 0. The van der Waals surface area contributed by atoms with Crippen molar-refractivity contribution >= 4 is 11.6 Å². The third-order valence-corrected chi connectivity index (χ3v) is 2.85. The van der Waals surface area contributed by atoms with E-state index in [4.69, 9.17) is 15.6 Å². The van der Waals surface area contributed by atoms with Crippen LogP contribution in [-0.2, 0) is 4.74 Å². The molecule has 1 amide bonds. The molecule has 19 heavy (non-hydrogen) atoms. The highest BCUT2D eigenvalue weighted by molar-refractivity contribution is 5.95. The Bertz CT molecular complexity index is 429. The topological polar surface area (TPSA) is 75.8 Å². The van der Waals surface area contributed by atoms with E-state index in [9.17, 15) is 9.18 Å². The minimum Gasteiger partial charge on any atom is -0.398 e. The molecule has 106 valence electrons. The second kappa shape index (κ2) is 7.06. The first-order valence-electron chi connectivity index (χ1n) is 5.96. The minimum absolute atomic E-state index is 0.164. The van der Waals surface area contributed by atoms with Crippen molar-refractivity contribution in [2.75, 3.05) is 39.1 Å². The van der Waals surface area contributed by atoms with Crippen molar-refractivity contribution in [1.29, 1.82) is 0 Å². The summed E-state index contributed by atoms with van der Waals surface area (Å²) in [4.78, 5) is 13.6. The standard InChI is InChI=1S/C13H19FN2O3/c1-9-11(14)7-10(8-12(9)15)13(18)16(3-5-17)4-6-19-2/h7-8,17H,3-6,15H2,1-2H3. The quantitative estimate of drug-likeness (QED) is 0.750. The summed E-state index contributed by atoms with van der Waals surface area (Å²) in [6.07, 6.45) is 0. The molecule has 1 aromatic carbocycles. The molecule has 0 aliphatic carbocycles. The van der Waals surface area contributed by atoms with Gasteiger partial charge in [0.25, 0.3) is 5.91 Å². The van der Waals surface area contributed by atoms with Gasteiger partial charge in [-0.15, -0.1) is 0 Å². The van der Waals surface area contributed by atoms with Gasteiger partial charge in [-0.2, -0.15) is 0 Å². The molecule has 5 nitrogen and oxygen atoms in total. The van der Waals surface area contributed by atoms with Crippen LogP contribution in [0, 0.1) is 12.7 Å². The van der Waals surface area contributed by atoms with E-state index in [1.165, 1.54) is 18.1 Å². The molecule has 0 fully saturated rings. The van der Waals surface area contributed by atoms with Gasteiger partial charge in [0, 0.05) is 37.0 Å². The van der Waals surface area contributed by atoms with Gasteiger partial charge >= 0.3 is 0 Å². The van der Waals surface area contributed by atoms with E-state index in [1.807, 2.05) is 0 Å². The summed E-state index contributed by atoms with van der Waals surface area (Å²) in [5.41, 5.74) is 6.38. The van der Waals surface area contributed by atoms with Crippen LogP contribution in [0.3, 0.4) is 0 Å². The molecule has 0 saturated carbocycles. The lowest BCUT2D eigenvalue weighted by molar-refractivity contribution is 0.0656. The van der Waals surface area contributed by atoms with Crippen LogP contribution in [-0.4, -0.2) is 49.3 Å². The zero-order valence-corrected chi connectivity index (χ0v) is 11.1. The Morgan fingerprint density at radius 2 is 2.16 bits per heavy atom. The highest BCUT2D eigenvalue weighted by atomic mass is 19.1. The molecule has 0 aromatic heterocycles. The van der Waals surface area contributed by atoms with Crippen molar-refractivity contribution < 1.29 is 19.0 Å². The number of nitrogens with two attached hydrogens (primary N) is 1. The molecule has 0 radical (unpaired) electrons. The number of aliphatic hydroxyl groups excluding tert-OH is 1. The first kappa shape index (κ1) is 15.4. The monoisotopic (exact) mass is 270 g/mol. The molecule has 3 N–H and O–H groups in total. The fraction of sp³-hybridized carbons (Fsp3) is 0.462. The molecule has 0 saturated heterocycles. The number of hydrogen-bond acceptors (Lipinski definition) is 4. The summed E-state index contributed by atoms with van der Waals surface area (Å²) in [5.74, 6) is -0.893. The number of benzene rings is 1. The summed E-state index contributed by atoms with van der Waals surface area (Å²) in [6, 6.07) is 2.60.